The van der Waals surface area contributed by atoms with Gasteiger partial charge in [-0.1, -0.05) is 13.8 Å². The zero-order chi connectivity index (χ0) is 19.6. The van der Waals surface area contributed by atoms with Gasteiger partial charge in [-0.05, 0) is 31.2 Å². The van der Waals surface area contributed by atoms with Gasteiger partial charge in [0, 0.05) is 38.4 Å². The van der Waals surface area contributed by atoms with Gasteiger partial charge in [-0.3, -0.25) is 14.3 Å². The van der Waals surface area contributed by atoms with Crippen LogP contribution >= 0.6 is 0 Å². The highest BCUT2D eigenvalue weighted by molar-refractivity contribution is 5.92. The molecule has 1 atom stereocenters. The van der Waals surface area contributed by atoms with Crippen molar-refractivity contribution in [3.05, 3.63) is 35.7 Å². The number of carbonyl (C=O) groups excluding carboxylic acids is 2. The van der Waals surface area contributed by atoms with Gasteiger partial charge in [-0.15, -0.1) is 0 Å². The lowest BCUT2D eigenvalue weighted by molar-refractivity contribution is -0.118. The van der Waals surface area contributed by atoms with Crippen molar-refractivity contribution in [1.82, 2.24) is 24.2 Å². The summed E-state index contributed by atoms with van der Waals surface area (Å²) in [7, 11) is 1.82. The maximum absolute atomic E-state index is 13.1. The fourth-order valence-electron chi connectivity index (χ4n) is 3.76. The number of nitrogens with two attached hydrogens (primary N) is 1. The van der Waals surface area contributed by atoms with Crippen molar-refractivity contribution >= 4 is 11.8 Å². The van der Waals surface area contributed by atoms with Gasteiger partial charge in [0.25, 0.3) is 5.91 Å². The van der Waals surface area contributed by atoms with Gasteiger partial charge >= 0.3 is 0 Å². The summed E-state index contributed by atoms with van der Waals surface area (Å²) >= 11 is 0. The van der Waals surface area contributed by atoms with Gasteiger partial charge in [0.05, 0.1) is 5.69 Å². The summed E-state index contributed by atoms with van der Waals surface area (Å²) in [5.74, 6) is 1.01. The number of imidazole rings is 1. The van der Waals surface area contributed by atoms with Crippen LogP contribution in [-0.4, -0.2) is 49.1 Å². The molecule has 0 radical (unpaired) electrons. The van der Waals surface area contributed by atoms with E-state index < -0.39 is 5.91 Å². The van der Waals surface area contributed by atoms with E-state index >= 15 is 0 Å². The fourth-order valence-corrected chi connectivity index (χ4v) is 3.76. The summed E-state index contributed by atoms with van der Waals surface area (Å²) in [6, 6.07) is 1.90. The number of amides is 2. The van der Waals surface area contributed by atoms with Crippen LogP contribution in [0.25, 0.3) is 0 Å². The number of hydrogen-bond donors (Lipinski definition) is 1. The Bertz CT molecular complexity index is 822. The number of likely N-dealkylation sites (tertiary alicyclic amines) is 1. The number of carbonyl (C=O) groups is 2. The molecule has 1 unspecified atom stereocenters. The van der Waals surface area contributed by atoms with E-state index in [4.69, 9.17) is 5.73 Å². The van der Waals surface area contributed by atoms with E-state index in [-0.39, 0.29) is 18.4 Å². The van der Waals surface area contributed by atoms with Crippen LogP contribution in [0.4, 0.5) is 0 Å². The van der Waals surface area contributed by atoms with Crippen LogP contribution in [0.5, 0.6) is 0 Å². The van der Waals surface area contributed by atoms with Gasteiger partial charge < -0.3 is 15.2 Å². The molecule has 3 heterocycles. The molecule has 0 aromatic carbocycles. The summed E-state index contributed by atoms with van der Waals surface area (Å²) < 4.78 is 3.46. The van der Waals surface area contributed by atoms with Crippen LogP contribution in [0, 0.1) is 5.92 Å². The van der Waals surface area contributed by atoms with Crippen molar-refractivity contribution in [3.63, 3.8) is 0 Å². The topological polar surface area (TPSA) is 99.0 Å². The molecule has 3 rings (SSSR count). The van der Waals surface area contributed by atoms with Crippen molar-refractivity contribution in [2.45, 2.75) is 45.6 Å². The molecule has 1 aliphatic heterocycles. The smallest absolute Gasteiger partial charge is 0.272 e. The van der Waals surface area contributed by atoms with Crippen molar-refractivity contribution in [1.29, 1.82) is 0 Å². The first-order valence-electron chi connectivity index (χ1n) is 9.46. The molecular formula is C19H28N6O2. The lowest BCUT2D eigenvalue weighted by atomic mass is 9.96. The second-order valence-corrected chi connectivity index (χ2v) is 7.71. The molecule has 2 N–H and O–H groups in total. The Morgan fingerprint density at radius 3 is 2.85 bits per heavy atom. The Labute approximate surface area is 159 Å². The summed E-state index contributed by atoms with van der Waals surface area (Å²) in [6.45, 7) is 5.69. The number of aryl methyl sites for hydroxylation is 1. The minimum atomic E-state index is -0.398. The SMILES string of the molecule is CC(C)Cc1cc(C(=O)N2CCCC(c3nccn3CC(N)=O)C2)n(C)n1. The van der Waals surface area contributed by atoms with E-state index in [0.29, 0.717) is 18.2 Å². The van der Waals surface area contributed by atoms with Crippen molar-refractivity contribution in [3.8, 4) is 0 Å². The van der Waals surface area contributed by atoms with Crippen molar-refractivity contribution in [2.24, 2.45) is 18.7 Å². The highest BCUT2D eigenvalue weighted by Gasteiger charge is 2.29. The number of aromatic nitrogens is 4. The first kappa shape index (κ1) is 19.1. The third-order valence-corrected chi connectivity index (χ3v) is 4.91. The monoisotopic (exact) mass is 372 g/mol. The van der Waals surface area contributed by atoms with Gasteiger partial charge in [0.15, 0.2) is 0 Å². The van der Waals surface area contributed by atoms with Crippen LogP contribution in [0.3, 0.4) is 0 Å². The fraction of sp³-hybridized carbons (Fsp3) is 0.579. The lowest BCUT2D eigenvalue weighted by Crippen LogP contribution is -2.40. The van der Waals surface area contributed by atoms with Crippen LogP contribution in [-0.2, 0) is 24.8 Å². The van der Waals surface area contributed by atoms with Gasteiger partial charge in [-0.25, -0.2) is 4.98 Å². The molecule has 0 spiro atoms. The molecule has 8 nitrogen and oxygen atoms in total. The molecule has 8 heteroatoms. The van der Waals surface area contributed by atoms with E-state index in [2.05, 4.69) is 23.9 Å². The quantitative estimate of drug-likeness (QED) is 0.827. The Balaban J connectivity index is 1.75. The average molecular weight is 372 g/mol. The summed E-state index contributed by atoms with van der Waals surface area (Å²) in [5.41, 5.74) is 6.89. The molecule has 0 bridgehead atoms. The predicted octanol–water partition coefficient (Wildman–Crippen LogP) is 1.32. The van der Waals surface area contributed by atoms with Gasteiger partial charge in [0.1, 0.15) is 18.1 Å². The zero-order valence-electron chi connectivity index (χ0n) is 16.3. The van der Waals surface area contributed by atoms with E-state index in [1.165, 1.54) is 0 Å². The third kappa shape index (κ3) is 4.37. The maximum Gasteiger partial charge on any atom is 0.272 e. The van der Waals surface area contributed by atoms with E-state index in [1.54, 1.807) is 21.6 Å². The molecule has 2 aromatic heterocycles. The predicted molar refractivity (Wildman–Crippen MR) is 101 cm³/mol. The zero-order valence-corrected chi connectivity index (χ0v) is 16.3. The normalized spacial score (nSPS) is 17.5. The standard InChI is InChI=1S/C19H28N6O2/c1-13(2)9-15-10-16(23(3)22-15)19(27)25-7-4-5-14(11-25)18-21-6-8-24(18)12-17(20)26/h6,8,10,13-14H,4-5,7,9,11-12H2,1-3H3,(H2,20,26). The second kappa shape index (κ2) is 7.94. The summed E-state index contributed by atoms with van der Waals surface area (Å²) in [4.78, 5) is 30.6. The second-order valence-electron chi connectivity index (χ2n) is 7.71. The first-order valence-corrected chi connectivity index (χ1v) is 9.46. The van der Waals surface area contributed by atoms with Crippen LogP contribution in [0.1, 0.15) is 54.6 Å². The highest BCUT2D eigenvalue weighted by Crippen LogP contribution is 2.27. The van der Waals surface area contributed by atoms with E-state index in [0.717, 1.165) is 37.3 Å². The summed E-state index contributed by atoms with van der Waals surface area (Å²) in [6.07, 6.45) is 6.13. The van der Waals surface area contributed by atoms with Crippen molar-refractivity contribution in [2.75, 3.05) is 13.1 Å². The lowest BCUT2D eigenvalue weighted by Gasteiger charge is -2.32. The third-order valence-electron chi connectivity index (χ3n) is 4.91. The van der Waals surface area contributed by atoms with E-state index in [9.17, 15) is 9.59 Å². The molecule has 1 saturated heterocycles. The number of nitrogens with zero attached hydrogens (tertiary/aromatic N) is 5. The highest BCUT2D eigenvalue weighted by atomic mass is 16.2. The average Bonchev–Trinajstić information content (AvgIpc) is 3.19. The Kier molecular flexibility index (Phi) is 5.62. The minimum absolute atomic E-state index is 0.00212. The van der Waals surface area contributed by atoms with Crippen LogP contribution in [0.15, 0.2) is 18.5 Å². The Hall–Kier alpha value is -2.64. The Morgan fingerprint density at radius 1 is 1.37 bits per heavy atom. The molecule has 146 valence electrons. The molecular weight excluding hydrogens is 344 g/mol. The molecule has 2 aromatic rings. The minimum Gasteiger partial charge on any atom is -0.368 e. The largest absolute Gasteiger partial charge is 0.368 e. The Morgan fingerprint density at radius 2 is 2.15 bits per heavy atom. The molecule has 0 aliphatic carbocycles. The van der Waals surface area contributed by atoms with Gasteiger partial charge in [-0.2, -0.15) is 5.10 Å². The van der Waals surface area contributed by atoms with E-state index in [1.807, 2.05) is 18.0 Å². The maximum atomic E-state index is 13.1. The van der Waals surface area contributed by atoms with Crippen molar-refractivity contribution < 1.29 is 9.59 Å². The molecule has 1 fully saturated rings. The van der Waals surface area contributed by atoms with Crippen LogP contribution < -0.4 is 5.73 Å². The molecule has 27 heavy (non-hydrogen) atoms. The number of piperidine rings is 1. The molecule has 0 saturated carbocycles. The first-order chi connectivity index (χ1) is 12.8. The molecule has 1 aliphatic rings. The number of primary amides is 1. The van der Waals surface area contributed by atoms with Gasteiger partial charge in [0.2, 0.25) is 5.91 Å². The number of rotatable bonds is 6. The molecule has 2 amide bonds. The van der Waals surface area contributed by atoms with Crippen LogP contribution in [0.2, 0.25) is 0 Å². The number of hydrogen-bond acceptors (Lipinski definition) is 4. The summed E-state index contributed by atoms with van der Waals surface area (Å²) in [5, 5.41) is 4.48.